The number of hydrogen-bond acceptors (Lipinski definition) is 3. The average Bonchev–Trinajstić information content (AvgIpc) is 2.70. The normalized spacial score (nSPS) is 12.4. The molecular weight excluding hydrogens is 368 g/mol. The molecule has 0 aliphatic carbocycles. The third-order valence-corrected chi connectivity index (χ3v) is 5.87. The van der Waals surface area contributed by atoms with Crippen LogP contribution in [0.5, 0.6) is 0 Å². The standard InChI is InChI=1S/C24H24O3S/c1-4-22(23-13-9-8-10-19(23)3)24(20-11-6-5-7-12-20)27-28(25,26)21-16-14-18(2)15-17-21/h5-17H,4H2,1-3H3/b24-22+. The van der Waals surface area contributed by atoms with E-state index in [1.54, 1.807) is 24.3 Å². The van der Waals surface area contributed by atoms with Gasteiger partial charge in [0.25, 0.3) is 0 Å². The van der Waals surface area contributed by atoms with Crippen LogP contribution in [0.3, 0.4) is 0 Å². The SMILES string of the molecule is CC/C(=C(\OS(=O)(=O)c1ccc(C)cc1)c1ccccc1)c1ccccc1C. The van der Waals surface area contributed by atoms with Crippen LogP contribution in [0.2, 0.25) is 0 Å². The zero-order chi connectivity index (χ0) is 20.1. The van der Waals surface area contributed by atoms with Crippen molar-refractivity contribution in [1.29, 1.82) is 0 Å². The van der Waals surface area contributed by atoms with Crippen LogP contribution in [0, 0.1) is 13.8 Å². The Bertz CT molecular complexity index is 1080. The molecule has 0 saturated carbocycles. The van der Waals surface area contributed by atoms with E-state index in [1.165, 1.54) is 0 Å². The van der Waals surface area contributed by atoms with Gasteiger partial charge in [0, 0.05) is 11.1 Å². The minimum absolute atomic E-state index is 0.145. The van der Waals surface area contributed by atoms with Crippen molar-refractivity contribution in [3.05, 3.63) is 101 Å². The monoisotopic (exact) mass is 392 g/mol. The lowest BCUT2D eigenvalue weighted by atomic mass is 9.95. The summed E-state index contributed by atoms with van der Waals surface area (Å²) >= 11 is 0. The second-order valence-electron chi connectivity index (χ2n) is 6.69. The lowest BCUT2D eigenvalue weighted by Gasteiger charge is -2.17. The first kappa shape index (κ1) is 19.9. The predicted octanol–water partition coefficient (Wildman–Crippen LogP) is 5.99. The van der Waals surface area contributed by atoms with Gasteiger partial charge in [0.15, 0.2) is 5.76 Å². The third-order valence-electron chi connectivity index (χ3n) is 4.64. The highest BCUT2D eigenvalue weighted by Gasteiger charge is 2.22. The average molecular weight is 393 g/mol. The Morgan fingerprint density at radius 3 is 2.04 bits per heavy atom. The zero-order valence-electron chi connectivity index (χ0n) is 16.3. The highest BCUT2D eigenvalue weighted by Crippen LogP contribution is 2.34. The van der Waals surface area contributed by atoms with E-state index in [-0.39, 0.29) is 4.90 Å². The molecule has 3 aromatic carbocycles. The molecule has 4 heteroatoms. The molecule has 0 radical (unpaired) electrons. The molecular formula is C24H24O3S. The maximum Gasteiger partial charge on any atom is 0.339 e. The maximum absolute atomic E-state index is 13.0. The van der Waals surface area contributed by atoms with E-state index in [1.807, 2.05) is 75.4 Å². The highest BCUT2D eigenvalue weighted by molar-refractivity contribution is 7.87. The molecule has 0 aliphatic rings. The van der Waals surface area contributed by atoms with Gasteiger partial charge in [-0.25, -0.2) is 0 Å². The van der Waals surface area contributed by atoms with Crippen LogP contribution in [0.4, 0.5) is 0 Å². The molecule has 0 unspecified atom stereocenters. The van der Waals surface area contributed by atoms with E-state index >= 15 is 0 Å². The Kier molecular flexibility index (Phi) is 6.00. The molecule has 0 heterocycles. The number of benzene rings is 3. The number of rotatable bonds is 6. The Labute approximate surface area is 167 Å². The van der Waals surface area contributed by atoms with Crippen molar-refractivity contribution in [2.75, 3.05) is 0 Å². The molecule has 0 amide bonds. The molecule has 28 heavy (non-hydrogen) atoms. The summed E-state index contributed by atoms with van der Waals surface area (Å²) in [5.41, 5.74) is 4.65. The van der Waals surface area contributed by atoms with Gasteiger partial charge in [0.2, 0.25) is 0 Å². The van der Waals surface area contributed by atoms with E-state index in [2.05, 4.69) is 0 Å². The molecule has 3 aromatic rings. The Hall–Kier alpha value is -2.85. The molecule has 0 atom stereocenters. The molecule has 0 bridgehead atoms. The van der Waals surface area contributed by atoms with Crippen LogP contribution in [0.25, 0.3) is 11.3 Å². The summed E-state index contributed by atoms with van der Waals surface area (Å²) in [6.45, 7) is 5.94. The van der Waals surface area contributed by atoms with Crippen molar-refractivity contribution in [3.63, 3.8) is 0 Å². The summed E-state index contributed by atoms with van der Waals surface area (Å²) in [7, 11) is -3.96. The number of allylic oxidation sites excluding steroid dienone is 1. The summed E-state index contributed by atoms with van der Waals surface area (Å²) in [5.74, 6) is 0.373. The summed E-state index contributed by atoms with van der Waals surface area (Å²) < 4.78 is 31.8. The van der Waals surface area contributed by atoms with Crippen LogP contribution in [0.15, 0.2) is 83.8 Å². The lowest BCUT2D eigenvalue weighted by Crippen LogP contribution is -2.08. The summed E-state index contributed by atoms with van der Waals surface area (Å²) in [6.07, 6.45) is 0.637. The van der Waals surface area contributed by atoms with Gasteiger partial charge in [-0.15, -0.1) is 0 Å². The van der Waals surface area contributed by atoms with E-state index < -0.39 is 10.1 Å². The minimum atomic E-state index is -3.96. The van der Waals surface area contributed by atoms with Crippen molar-refractivity contribution in [1.82, 2.24) is 0 Å². The number of aryl methyl sites for hydroxylation is 2. The first-order valence-corrected chi connectivity index (χ1v) is 10.7. The van der Waals surface area contributed by atoms with Gasteiger partial charge in [-0.2, -0.15) is 8.42 Å². The van der Waals surface area contributed by atoms with Gasteiger partial charge in [-0.05, 0) is 43.5 Å². The smallest absolute Gasteiger partial charge is 0.339 e. The van der Waals surface area contributed by atoms with E-state index in [9.17, 15) is 8.42 Å². The Morgan fingerprint density at radius 2 is 1.43 bits per heavy atom. The predicted molar refractivity (Wildman–Crippen MR) is 114 cm³/mol. The van der Waals surface area contributed by atoms with E-state index in [4.69, 9.17) is 4.18 Å². The fraction of sp³-hybridized carbons (Fsp3) is 0.167. The number of hydrogen-bond donors (Lipinski definition) is 0. The van der Waals surface area contributed by atoms with Crippen LogP contribution in [0.1, 0.15) is 35.6 Å². The van der Waals surface area contributed by atoms with Gasteiger partial charge in [-0.3, -0.25) is 0 Å². The molecule has 3 rings (SSSR count). The van der Waals surface area contributed by atoms with Gasteiger partial charge in [0.1, 0.15) is 4.90 Å². The molecule has 0 aromatic heterocycles. The fourth-order valence-corrected chi connectivity index (χ4v) is 4.09. The molecule has 144 valence electrons. The lowest BCUT2D eigenvalue weighted by molar-refractivity contribution is 0.463. The largest absolute Gasteiger partial charge is 0.378 e. The van der Waals surface area contributed by atoms with Gasteiger partial charge < -0.3 is 4.18 Å². The highest BCUT2D eigenvalue weighted by atomic mass is 32.2. The van der Waals surface area contributed by atoms with Crippen molar-refractivity contribution >= 4 is 21.5 Å². The van der Waals surface area contributed by atoms with Crippen LogP contribution < -0.4 is 0 Å². The summed E-state index contributed by atoms with van der Waals surface area (Å²) in [6, 6.07) is 24.0. The van der Waals surface area contributed by atoms with Crippen molar-refractivity contribution in [2.45, 2.75) is 32.1 Å². The first-order chi connectivity index (χ1) is 13.4. The van der Waals surface area contributed by atoms with E-state index in [0.29, 0.717) is 12.2 Å². The van der Waals surface area contributed by atoms with Crippen molar-refractivity contribution in [3.8, 4) is 0 Å². The zero-order valence-corrected chi connectivity index (χ0v) is 17.2. The van der Waals surface area contributed by atoms with E-state index in [0.717, 1.165) is 27.8 Å². The van der Waals surface area contributed by atoms with Crippen LogP contribution >= 0.6 is 0 Å². The quantitative estimate of drug-likeness (QED) is 0.294. The Morgan fingerprint density at radius 1 is 0.821 bits per heavy atom. The topological polar surface area (TPSA) is 43.4 Å². The summed E-state index contributed by atoms with van der Waals surface area (Å²) in [5, 5.41) is 0. The van der Waals surface area contributed by atoms with Gasteiger partial charge >= 0.3 is 10.1 Å². The molecule has 0 saturated heterocycles. The molecule has 0 N–H and O–H groups in total. The first-order valence-electron chi connectivity index (χ1n) is 9.28. The fourth-order valence-electron chi connectivity index (χ4n) is 3.11. The van der Waals surface area contributed by atoms with Gasteiger partial charge in [-0.1, -0.05) is 79.2 Å². The molecule has 0 spiro atoms. The van der Waals surface area contributed by atoms with Crippen molar-refractivity contribution in [2.24, 2.45) is 0 Å². The Balaban J connectivity index is 2.18. The van der Waals surface area contributed by atoms with Gasteiger partial charge in [0.05, 0.1) is 0 Å². The molecule has 3 nitrogen and oxygen atoms in total. The maximum atomic E-state index is 13.0. The minimum Gasteiger partial charge on any atom is -0.378 e. The van der Waals surface area contributed by atoms with Crippen molar-refractivity contribution < 1.29 is 12.6 Å². The molecule has 0 aliphatic heterocycles. The molecule has 0 fully saturated rings. The van der Waals surface area contributed by atoms with Crippen LogP contribution in [-0.4, -0.2) is 8.42 Å². The second-order valence-corrected chi connectivity index (χ2v) is 8.24. The third kappa shape index (κ3) is 4.34. The second kappa shape index (κ2) is 8.44. The van der Waals surface area contributed by atoms with Crippen LogP contribution in [-0.2, 0) is 14.3 Å². The summed E-state index contributed by atoms with van der Waals surface area (Å²) in [4.78, 5) is 0.145.